The van der Waals surface area contributed by atoms with Gasteiger partial charge in [0, 0.05) is 37.6 Å². The minimum absolute atomic E-state index is 0.0466. The second kappa shape index (κ2) is 7.61. The van der Waals surface area contributed by atoms with E-state index in [4.69, 9.17) is 11.6 Å². The van der Waals surface area contributed by atoms with Gasteiger partial charge in [-0.3, -0.25) is 14.6 Å². The van der Waals surface area contributed by atoms with Crippen LogP contribution in [-0.2, 0) is 16.0 Å². The summed E-state index contributed by atoms with van der Waals surface area (Å²) < 4.78 is 13.3. The summed E-state index contributed by atoms with van der Waals surface area (Å²) in [7, 11) is 0. The smallest absolute Gasteiger partial charge is 0.227 e. The van der Waals surface area contributed by atoms with Crippen molar-refractivity contribution in [3.63, 3.8) is 0 Å². The Kier molecular flexibility index (Phi) is 5.28. The van der Waals surface area contributed by atoms with Crippen molar-refractivity contribution in [2.75, 3.05) is 18.0 Å². The van der Waals surface area contributed by atoms with E-state index < -0.39 is 11.7 Å². The minimum atomic E-state index is -0.540. The molecule has 0 aliphatic carbocycles. The number of hydrogen-bond donors (Lipinski definition) is 1. The number of aromatic nitrogens is 1. The summed E-state index contributed by atoms with van der Waals surface area (Å²) in [5.74, 6) is -1.30. The minimum Gasteiger partial charge on any atom is -0.355 e. The third-order valence-corrected chi connectivity index (χ3v) is 4.44. The molecule has 5 nitrogen and oxygen atoms in total. The van der Waals surface area contributed by atoms with Crippen molar-refractivity contribution in [2.24, 2.45) is 5.92 Å². The summed E-state index contributed by atoms with van der Waals surface area (Å²) in [5, 5.41) is 2.81. The van der Waals surface area contributed by atoms with Crippen LogP contribution in [0.4, 0.5) is 10.1 Å². The number of pyridine rings is 1. The molecule has 2 heterocycles. The van der Waals surface area contributed by atoms with E-state index in [1.807, 2.05) is 12.1 Å². The highest BCUT2D eigenvalue weighted by molar-refractivity contribution is 6.31. The van der Waals surface area contributed by atoms with Crippen LogP contribution in [0.15, 0.2) is 42.7 Å². The number of carbonyl (C=O) groups excluding carboxylic acids is 2. The lowest BCUT2D eigenvalue weighted by Crippen LogP contribution is -2.34. The molecule has 0 saturated carbocycles. The lowest BCUT2D eigenvalue weighted by atomic mass is 10.1. The van der Waals surface area contributed by atoms with Gasteiger partial charge in [0.25, 0.3) is 0 Å². The van der Waals surface area contributed by atoms with Gasteiger partial charge in [0.05, 0.1) is 10.9 Å². The van der Waals surface area contributed by atoms with E-state index >= 15 is 0 Å². The lowest BCUT2D eigenvalue weighted by molar-refractivity contribution is -0.126. The predicted octanol–water partition coefficient (Wildman–Crippen LogP) is 2.59. The number of hydrogen-bond acceptors (Lipinski definition) is 3. The molecule has 2 aromatic rings. The molecule has 2 amide bonds. The molecule has 1 saturated heterocycles. The first-order valence-electron chi connectivity index (χ1n) is 7.96. The quantitative estimate of drug-likeness (QED) is 0.890. The van der Waals surface area contributed by atoms with Gasteiger partial charge in [0.1, 0.15) is 5.82 Å². The Hall–Kier alpha value is -2.47. The van der Waals surface area contributed by atoms with Gasteiger partial charge in [0.2, 0.25) is 11.8 Å². The van der Waals surface area contributed by atoms with Crippen molar-refractivity contribution in [3.8, 4) is 0 Å². The van der Waals surface area contributed by atoms with E-state index in [1.165, 1.54) is 23.1 Å². The Morgan fingerprint density at radius 2 is 2.24 bits per heavy atom. The van der Waals surface area contributed by atoms with Crippen LogP contribution < -0.4 is 10.2 Å². The Balaban J connectivity index is 1.56. The second-order valence-corrected chi connectivity index (χ2v) is 6.31. The molecule has 1 fully saturated rings. The molecule has 1 aromatic heterocycles. The third-order valence-electron chi connectivity index (χ3n) is 4.15. The van der Waals surface area contributed by atoms with E-state index in [0.29, 0.717) is 18.7 Å². The Morgan fingerprint density at radius 3 is 2.96 bits per heavy atom. The number of nitrogens with zero attached hydrogens (tertiary/aromatic N) is 2. The zero-order chi connectivity index (χ0) is 17.8. The van der Waals surface area contributed by atoms with E-state index in [0.717, 1.165) is 5.56 Å². The maximum absolute atomic E-state index is 13.3. The standard InChI is InChI=1S/C18H17ClFN3O2/c19-15-9-14(3-4-16(15)20)23-11-13(8-17(23)24)18(25)22-7-5-12-2-1-6-21-10-12/h1-4,6,9-10,13H,5,7-8,11H2,(H,22,25)/t13-/m0/s1. The van der Waals surface area contributed by atoms with Crippen molar-refractivity contribution in [1.82, 2.24) is 10.3 Å². The lowest BCUT2D eigenvalue weighted by Gasteiger charge is -2.17. The topological polar surface area (TPSA) is 62.3 Å². The maximum Gasteiger partial charge on any atom is 0.227 e. The molecule has 1 aromatic carbocycles. The molecular formula is C18H17ClFN3O2. The molecule has 1 atom stereocenters. The number of anilines is 1. The molecule has 0 bridgehead atoms. The zero-order valence-corrected chi connectivity index (χ0v) is 14.2. The van der Waals surface area contributed by atoms with Crippen LogP contribution in [0.5, 0.6) is 0 Å². The average Bonchev–Trinajstić information content (AvgIpc) is 3.00. The van der Waals surface area contributed by atoms with Gasteiger partial charge in [0.15, 0.2) is 0 Å². The molecule has 1 aliphatic heterocycles. The zero-order valence-electron chi connectivity index (χ0n) is 13.4. The average molecular weight is 362 g/mol. The van der Waals surface area contributed by atoms with Gasteiger partial charge in [-0.1, -0.05) is 17.7 Å². The third kappa shape index (κ3) is 4.14. The van der Waals surface area contributed by atoms with Crippen LogP contribution in [0.1, 0.15) is 12.0 Å². The van der Waals surface area contributed by atoms with Crippen molar-refractivity contribution >= 4 is 29.1 Å². The van der Waals surface area contributed by atoms with Crippen LogP contribution in [0.3, 0.4) is 0 Å². The SMILES string of the molecule is O=C(NCCc1cccnc1)[C@H]1CC(=O)N(c2ccc(F)c(Cl)c2)C1. The molecule has 0 spiro atoms. The highest BCUT2D eigenvalue weighted by Gasteiger charge is 2.35. The first-order valence-corrected chi connectivity index (χ1v) is 8.34. The summed E-state index contributed by atoms with van der Waals surface area (Å²) in [4.78, 5) is 30.0. The second-order valence-electron chi connectivity index (χ2n) is 5.91. The van der Waals surface area contributed by atoms with Crippen molar-refractivity contribution in [2.45, 2.75) is 12.8 Å². The van der Waals surface area contributed by atoms with E-state index in [-0.39, 0.29) is 29.8 Å². The van der Waals surface area contributed by atoms with Gasteiger partial charge < -0.3 is 10.2 Å². The van der Waals surface area contributed by atoms with Gasteiger partial charge >= 0.3 is 0 Å². The van der Waals surface area contributed by atoms with Gasteiger partial charge in [-0.25, -0.2) is 4.39 Å². The normalized spacial score (nSPS) is 17.0. The fourth-order valence-corrected chi connectivity index (χ4v) is 2.98. The van der Waals surface area contributed by atoms with Gasteiger partial charge in [-0.15, -0.1) is 0 Å². The largest absolute Gasteiger partial charge is 0.355 e. The molecule has 1 N–H and O–H groups in total. The number of carbonyl (C=O) groups is 2. The number of rotatable bonds is 5. The van der Waals surface area contributed by atoms with Crippen LogP contribution >= 0.6 is 11.6 Å². The first kappa shape index (κ1) is 17.4. The number of nitrogens with one attached hydrogen (secondary N) is 1. The summed E-state index contributed by atoms with van der Waals surface area (Å²) >= 11 is 5.77. The van der Waals surface area contributed by atoms with Crippen LogP contribution in [0.2, 0.25) is 5.02 Å². The van der Waals surface area contributed by atoms with Crippen LogP contribution in [0.25, 0.3) is 0 Å². The Bertz CT molecular complexity index is 785. The van der Waals surface area contributed by atoms with Gasteiger partial charge in [-0.05, 0) is 36.2 Å². The summed E-state index contributed by atoms with van der Waals surface area (Å²) in [6, 6.07) is 7.89. The van der Waals surface area contributed by atoms with Crippen molar-refractivity contribution in [1.29, 1.82) is 0 Å². The predicted molar refractivity (Wildman–Crippen MR) is 92.8 cm³/mol. The van der Waals surface area contributed by atoms with E-state index in [9.17, 15) is 14.0 Å². The molecule has 1 aliphatic rings. The van der Waals surface area contributed by atoms with Crippen molar-refractivity contribution < 1.29 is 14.0 Å². The maximum atomic E-state index is 13.3. The van der Waals surface area contributed by atoms with E-state index in [2.05, 4.69) is 10.3 Å². The summed E-state index contributed by atoms with van der Waals surface area (Å²) in [6.07, 6.45) is 4.26. The van der Waals surface area contributed by atoms with Crippen molar-refractivity contribution in [3.05, 3.63) is 59.1 Å². The number of benzene rings is 1. The molecular weight excluding hydrogens is 345 g/mol. The van der Waals surface area contributed by atoms with Crippen LogP contribution in [-0.4, -0.2) is 29.9 Å². The molecule has 0 unspecified atom stereocenters. The van der Waals surface area contributed by atoms with Gasteiger partial charge in [-0.2, -0.15) is 0 Å². The summed E-state index contributed by atoms with van der Waals surface area (Å²) in [5.41, 5.74) is 1.54. The number of amides is 2. The Labute approximate surface area is 149 Å². The monoisotopic (exact) mass is 361 g/mol. The molecule has 25 heavy (non-hydrogen) atoms. The first-order chi connectivity index (χ1) is 12.0. The molecule has 0 radical (unpaired) electrons. The highest BCUT2D eigenvalue weighted by Crippen LogP contribution is 2.28. The number of halogens is 2. The Morgan fingerprint density at radius 1 is 1.40 bits per heavy atom. The summed E-state index contributed by atoms with van der Waals surface area (Å²) in [6.45, 7) is 0.747. The van der Waals surface area contributed by atoms with E-state index in [1.54, 1.807) is 12.4 Å². The van der Waals surface area contributed by atoms with Crippen LogP contribution in [0, 0.1) is 11.7 Å². The fraction of sp³-hybridized carbons (Fsp3) is 0.278. The molecule has 7 heteroatoms. The highest BCUT2D eigenvalue weighted by atomic mass is 35.5. The fourth-order valence-electron chi connectivity index (χ4n) is 2.81. The molecule has 3 rings (SSSR count). The molecule has 130 valence electrons.